The number of ether oxygens (including phenoxy) is 2. The fourth-order valence-electron chi connectivity index (χ4n) is 2.73. The van der Waals surface area contributed by atoms with Gasteiger partial charge in [0.1, 0.15) is 0 Å². The predicted molar refractivity (Wildman–Crippen MR) is 65.7 cm³/mol. The molecule has 0 amide bonds. The zero-order valence-corrected chi connectivity index (χ0v) is 11.3. The van der Waals surface area contributed by atoms with Crippen molar-refractivity contribution in [1.29, 1.82) is 0 Å². The first kappa shape index (κ1) is 13.3. The van der Waals surface area contributed by atoms with Gasteiger partial charge < -0.3 is 19.9 Å². The molecule has 0 spiro atoms. The molecule has 0 aromatic heterocycles. The number of hydrogen-bond acceptors (Lipinski definition) is 4. The summed E-state index contributed by atoms with van der Waals surface area (Å²) in [5, 5.41) is 13.6. The van der Waals surface area contributed by atoms with Crippen LogP contribution < -0.4 is 5.32 Å². The normalized spacial score (nSPS) is 42.0. The third kappa shape index (κ3) is 3.19. The van der Waals surface area contributed by atoms with E-state index in [2.05, 4.69) is 19.2 Å². The molecular formula is C13H25NO3. The standard InChI is InChI=1S/C13H25NO3/c1-8(2)10-5-9(15)6-11(14-10)12-7-16-13(3,4)17-12/h8-12,14-15H,5-7H2,1-4H3/t9-,10-,11+,12+/m0/s1. The van der Waals surface area contributed by atoms with Crippen LogP contribution in [-0.4, -0.2) is 41.8 Å². The average Bonchev–Trinajstić information content (AvgIpc) is 2.58. The van der Waals surface area contributed by atoms with Gasteiger partial charge in [-0.1, -0.05) is 13.8 Å². The van der Waals surface area contributed by atoms with E-state index in [4.69, 9.17) is 9.47 Å². The number of rotatable bonds is 2. The van der Waals surface area contributed by atoms with Gasteiger partial charge in [0.2, 0.25) is 0 Å². The molecule has 0 aromatic rings. The molecule has 0 aromatic carbocycles. The molecule has 2 heterocycles. The van der Waals surface area contributed by atoms with Crippen molar-refractivity contribution in [1.82, 2.24) is 5.32 Å². The van der Waals surface area contributed by atoms with Crippen LogP contribution in [0.3, 0.4) is 0 Å². The summed E-state index contributed by atoms with van der Waals surface area (Å²) in [6.45, 7) is 8.85. The van der Waals surface area contributed by atoms with E-state index in [1.54, 1.807) is 0 Å². The van der Waals surface area contributed by atoms with Crippen molar-refractivity contribution >= 4 is 0 Å². The minimum atomic E-state index is -0.484. The molecule has 4 atom stereocenters. The van der Waals surface area contributed by atoms with Gasteiger partial charge >= 0.3 is 0 Å². The molecule has 2 aliphatic heterocycles. The monoisotopic (exact) mass is 243 g/mol. The highest BCUT2D eigenvalue weighted by Crippen LogP contribution is 2.29. The molecule has 0 saturated carbocycles. The summed E-state index contributed by atoms with van der Waals surface area (Å²) in [7, 11) is 0. The lowest BCUT2D eigenvalue weighted by atomic mass is 9.87. The highest BCUT2D eigenvalue weighted by atomic mass is 16.7. The van der Waals surface area contributed by atoms with E-state index in [0.717, 1.165) is 12.8 Å². The number of piperidine rings is 1. The quantitative estimate of drug-likeness (QED) is 0.767. The Bertz CT molecular complexity index is 267. The van der Waals surface area contributed by atoms with Crippen molar-refractivity contribution in [2.45, 2.75) is 70.6 Å². The first-order chi connectivity index (χ1) is 7.87. The second-order valence-electron chi connectivity index (χ2n) is 6.12. The molecule has 2 N–H and O–H groups in total. The van der Waals surface area contributed by atoms with Gasteiger partial charge in [-0.05, 0) is 32.6 Å². The van der Waals surface area contributed by atoms with Crippen LogP contribution >= 0.6 is 0 Å². The predicted octanol–water partition coefficient (Wildman–Crippen LogP) is 1.28. The topological polar surface area (TPSA) is 50.7 Å². The minimum Gasteiger partial charge on any atom is -0.393 e. The van der Waals surface area contributed by atoms with Crippen molar-refractivity contribution in [2.24, 2.45) is 5.92 Å². The highest BCUT2D eigenvalue weighted by molar-refractivity contribution is 4.93. The summed E-state index contributed by atoms with van der Waals surface area (Å²) in [6.07, 6.45) is 1.43. The van der Waals surface area contributed by atoms with Gasteiger partial charge in [-0.25, -0.2) is 0 Å². The average molecular weight is 243 g/mol. The van der Waals surface area contributed by atoms with E-state index in [9.17, 15) is 5.11 Å². The summed E-state index contributed by atoms with van der Waals surface area (Å²) in [6, 6.07) is 0.573. The number of aliphatic hydroxyl groups excluding tert-OH is 1. The van der Waals surface area contributed by atoms with Crippen LogP contribution in [0.4, 0.5) is 0 Å². The van der Waals surface area contributed by atoms with Crippen LogP contribution in [0.5, 0.6) is 0 Å². The van der Waals surface area contributed by atoms with E-state index in [0.29, 0.717) is 18.6 Å². The number of nitrogens with one attached hydrogen (secondary N) is 1. The second kappa shape index (κ2) is 4.84. The Labute approximate surface area is 104 Å². The van der Waals surface area contributed by atoms with Gasteiger partial charge in [0, 0.05) is 12.1 Å². The maximum absolute atomic E-state index is 9.95. The molecule has 0 bridgehead atoms. The fraction of sp³-hybridized carbons (Fsp3) is 1.00. The Kier molecular flexibility index (Phi) is 3.78. The van der Waals surface area contributed by atoms with Crippen LogP contribution in [0.2, 0.25) is 0 Å². The molecule has 2 rings (SSSR count). The lowest BCUT2D eigenvalue weighted by molar-refractivity contribution is -0.144. The van der Waals surface area contributed by atoms with Gasteiger partial charge in [0.25, 0.3) is 0 Å². The number of aliphatic hydroxyl groups is 1. The van der Waals surface area contributed by atoms with Gasteiger partial charge in [-0.2, -0.15) is 0 Å². The van der Waals surface area contributed by atoms with Gasteiger partial charge in [-0.15, -0.1) is 0 Å². The lowest BCUT2D eigenvalue weighted by Gasteiger charge is -2.38. The smallest absolute Gasteiger partial charge is 0.163 e. The molecule has 2 fully saturated rings. The maximum atomic E-state index is 9.95. The van der Waals surface area contributed by atoms with Gasteiger partial charge in [0.15, 0.2) is 5.79 Å². The van der Waals surface area contributed by atoms with Crippen molar-refractivity contribution in [2.75, 3.05) is 6.61 Å². The summed E-state index contributed by atoms with van der Waals surface area (Å²) in [4.78, 5) is 0. The Morgan fingerprint density at radius 2 is 2.00 bits per heavy atom. The van der Waals surface area contributed by atoms with Gasteiger partial charge in [0.05, 0.1) is 18.8 Å². The lowest BCUT2D eigenvalue weighted by Crippen LogP contribution is -2.55. The Balaban J connectivity index is 1.96. The highest BCUT2D eigenvalue weighted by Gasteiger charge is 2.41. The molecular weight excluding hydrogens is 218 g/mol. The first-order valence-electron chi connectivity index (χ1n) is 6.63. The summed E-state index contributed by atoms with van der Waals surface area (Å²) in [5.41, 5.74) is 0. The van der Waals surface area contributed by atoms with E-state index in [1.807, 2.05) is 13.8 Å². The molecule has 2 saturated heterocycles. The summed E-state index contributed by atoms with van der Waals surface area (Å²) >= 11 is 0. The molecule has 4 nitrogen and oxygen atoms in total. The molecule has 4 heteroatoms. The molecule has 17 heavy (non-hydrogen) atoms. The second-order valence-corrected chi connectivity index (χ2v) is 6.12. The van der Waals surface area contributed by atoms with Crippen LogP contribution in [0, 0.1) is 5.92 Å². The molecule has 0 aliphatic carbocycles. The van der Waals surface area contributed by atoms with Crippen LogP contribution in [0.25, 0.3) is 0 Å². The Hall–Kier alpha value is -0.160. The first-order valence-corrected chi connectivity index (χ1v) is 6.63. The number of hydrogen-bond donors (Lipinski definition) is 2. The molecule has 2 aliphatic rings. The zero-order valence-electron chi connectivity index (χ0n) is 11.3. The van der Waals surface area contributed by atoms with Gasteiger partial charge in [-0.3, -0.25) is 0 Å². The Morgan fingerprint density at radius 3 is 2.53 bits per heavy atom. The zero-order chi connectivity index (χ0) is 12.6. The summed E-state index contributed by atoms with van der Waals surface area (Å²) in [5.74, 6) is 0.0463. The molecule has 0 unspecified atom stereocenters. The van der Waals surface area contributed by atoms with Crippen LogP contribution in [-0.2, 0) is 9.47 Å². The van der Waals surface area contributed by atoms with E-state index in [1.165, 1.54) is 0 Å². The van der Waals surface area contributed by atoms with E-state index < -0.39 is 5.79 Å². The largest absolute Gasteiger partial charge is 0.393 e. The Morgan fingerprint density at radius 1 is 1.29 bits per heavy atom. The maximum Gasteiger partial charge on any atom is 0.163 e. The third-order valence-corrected chi connectivity index (χ3v) is 3.76. The third-order valence-electron chi connectivity index (χ3n) is 3.76. The van der Waals surface area contributed by atoms with E-state index in [-0.39, 0.29) is 18.2 Å². The van der Waals surface area contributed by atoms with Crippen molar-refractivity contribution in [3.05, 3.63) is 0 Å². The van der Waals surface area contributed by atoms with Crippen molar-refractivity contribution in [3.63, 3.8) is 0 Å². The van der Waals surface area contributed by atoms with Crippen molar-refractivity contribution in [3.8, 4) is 0 Å². The summed E-state index contributed by atoms with van der Waals surface area (Å²) < 4.78 is 11.5. The van der Waals surface area contributed by atoms with Crippen molar-refractivity contribution < 1.29 is 14.6 Å². The molecule has 0 radical (unpaired) electrons. The minimum absolute atomic E-state index is 0.0567. The van der Waals surface area contributed by atoms with Crippen LogP contribution in [0.15, 0.2) is 0 Å². The molecule has 100 valence electrons. The fourth-order valence-corrected chi connectivity index (χ4v) is 2.73. The van der Waals surface area contributed by atoms with E-state index >= 15 is 0 Å². The van der Waals surface area contributed by atoms with Crippen LogP contribution in [0.1, 0.15) is 40.5 Å². The SMILES string of the molecule is CC(C)[C@@H]1C[C@H](O)C[C@H]([C@H]2COC(C)(C)O2)N1.